The normalized spacial score (nSPS) is 20.1. The lowest BCUT2D eigenvalue weighted by atomic mass is 9.92. The summed E-state index contributed by atoms with van der Waals surface area (Å²) in [5.41, 5.74) is 2.86. The third-order valence-corrected chi connectivity index (χ3v) is 3.37. The maximum Gasteiger partial charge on any atom is 0.124 e. The van der Waals surface area contributed by atoms with Crippen LogP contribution in [0.25, 0.3) is 0 Å². The molecule has 0 aromatic carbocycles. The molecule has 0 bridgehead atoms. The quantitative estimate of drug-likeness (QED) is 0.577. The first-order valence-electron chi connectivity index (χ1n) is 5.45. The summed E-state index contributed by atoms with van der Waals surface area (Å²) < 4.78 is 13.6. The highest BCUT2D eigenvalue weighted by molar-refractivity contribution is 5.32. The molecule has 1 atom stereocenters. The van der Waals surface area contributed by atoms with Crippen LogP contribution in [0.3, 0.4) is 0 Å². The van der Waals surface area contributed by atoms with Crippen LogP contribution >= 0.6 is 0 Å². The number of rotatable bonds is 3. The minimum absolute atomic E-state index is 0.0185. The van der Waals surface area contributed by atoms with Gasteiger partial charge >= 0.3 is 0 Å². The van der Waals surface area contributed by atoms with Crippen molar-refractivity contribution in [3.05, 3.63) is 22.5 Å². The van der Waals surface area contributed by atoms with E-state index in [4.69, 9.17) is 0 Å². The molecule has 0 heterocycles. The molecule has 1 unspecified atom stereocenters. The minimum Gasteiger partial charge on any atom is -0.207 e. The number of halogens is 1. The van der Waals surface area contributed by atoms with Crippen LogP contribution in [0.15, 0.2) is 22.5 Å². The third-order valence-electron chi connectivity index (χ3n) is 3.37. The van der Waals surface area contributed by atoms with Crippen LogP contribution in [0, 0.1) is 11.8 Å². The van der Waals surface area contributed by atoms with E-state index >= 15 is 0 Å². The molecule has 1 aliphatic carbocycles. The van der Waals surface area contributed by atoms with Gasteiger partial charge < -0.3 is 0 Å². The van der Waals surface area contributed by atoms with Crippen molar-refractivity contribution in [1.82, 2.24) is 0 Å². The van der Waals surface area contributed by atoms with E-state index < -0.39 is 0 Å². The summed E-state index contributed by atoms with van der Waals surface area (Å²) in [5, 5.41) is 0. The van der Waals surface area contributed by atoms with Gasteiger partial charge in [-0.3, -0.25) is 0 Å². The van der Waals surface area contributed by atoms with Crippen LogP contribution in [0.5, 0.6) is 0 Å². The van der Waals surface area contributed by atoms with Crippen molar-refractivity contribution in [3.63, 3.8) is 0 Å². The molecule has 1 heteroatoms. The monoisotopic (exact) mass is 196 g/mol. The highest BCUT2D eigenvalue weighted by Gasteiger charge is 2.29. The van der Waals surface area contributed by atoms with Crippen LogP contribution in [0.4, 0.5) is 4.39 Å². The third kappa shape index (κ3) is 2.46. The maximum absolute atomic E-state index is 13.6. The van der Waals surface area contributed by atoms with Gasteiger partial charge in [0.1, 0.15) is 5.83 Å². The van der Waals surface area contributed by atoms with Gasteiger partial charge in [0.15, 0.2) is 0 Å². The predicted octanol–water partition coefficient (Wildman–Crippen LogP) is 4.63. The van der Waals surface area contributed by atoms with E-state index in [1.54, 1.807) is 0 Å². The first kappa shape index (κ1) is 11.5. The Balaban J connectivity index is 2.86. The van der Waals surface area contributed by atoms with Gasteiger partial charge in [0.2, 0.25) is 0 Å². The number of hydrogen-bond acceptors (Lipinski definition) is 0. The molecular weight excluding hydrogens is 175 g/mol. The number of hydrogen-bond donors (Lipinski definition) is 0. The van der Waals surface area contributed by atoms with Crippen molar-refractivity contribution < 1.29 is 4.39 Å². The molecule has 1 aliphatic rings. The van der Waals surface area contributed by atoms with Crippen LogP contribution < -0.4 is 0 Å². The van der Waals surface area contributed by atoms with Crippen LogP contribution in [-0.2, 0) is 0 Å². The Bertz CT molecular complexity index is 276. The summed E-state index contributed by atoms with van der Waals surface area (Å²) in [7, 11) is 0. The molecule has 0 aromatic rings. The average molecular weight is 196 g/mol. The molecule has 0 spiro atoms. The molecule has 0 saturated heterocycles. The van der Waals surface area contributed by atoms with Gasteiger partial charge in [0.05, 0.1) is 0 Å². The molecule has 0 amide bonds. The van der Waals surface area contributed by atoms with Crippen molar-refractivity contribution in [2.45, 2.75) is 47.5 Å². The smallest absolute Gasteiger partial charge is 0.124 e. The van der Waals surface area contributed by atoms with Gasteiger partial charge in [0.25, 0.3) is 0 Å². The largest absolute Gasteiger partial charge is 0.207 e. The topological polar surface area (TPSA) is 0 Å². The average Bonchev–Trinajstić information content (AvgIpc) is 2.96. The number of allylic oxidation sites excluding steroid dienone is 4. The molecule has 1 fully saturated rings. The van der Waals surface area contributed by atoms with Crippen molar-refractivity contribution in [2.75, 3.05) is 0 Å². The molecule has 0 aliphatic heterocycles. The molecular formula is C13H21F. The van der Waals surface area contributed by atoms with Crippen molar-refractivity contribution >= 4 is 0 Å². The van der Waals surface area contributed by atoms with E-state index in [1.165, 1.54) is 18.4 Å². The Kier molecular flexibility index (Phi) is 3.52. The molecule has 1 saturated carbocycles. The summed E-state index contributed by atoms with van der Waals surface area (Å²) in [6, 6.07) is 0. The molecule has 80 valence electrons. The molecule has 0 nitrogen and oxygen atoms in total. The highest BCUT2D eigenvalue weighted by Crippen LogP contribution is 2.41. The van der Waals surface area contributed by atoms with Crippen molar-refractivity contribution in [2.24, 2.45) is 11.8 Å². The molecule has 0 aromatic heterocycles. The lowest BCUT2D eigenvalue weighted by molar-refractivity contribution is 0.572. The van der Waals surface area contributed by atoms with Gasteiger partial charge in [-0.2, -0.15) is 0 Å². The van der Waals surface area contributed by atoms with Crippen molar-refractivity contribution in [1.29, 1.82) is 0 Å². The lowest BCUT2D eigenvalue weighted by Crippen LogP contribution is -2.02. The van der Waals surface area contributed by atoms with Crippen molar-refractivity contribution in [3.8, 4) is 0 Å². The van der Waals surface area contributed by atoms with E-state index in [9.17, 15) is 4.39 Å². The minimum atomic E-state index is -0.0185. The first-order chi connectivity index (χ1) is 6.45. The zero-order valence-corrected chi connectivity index (χ0v) is 9.95. The second-order valence-corrected chi connectivity index (χ2v) is 4.75. The lowest BCUT2D eigenvalue weighted by Gasteiger charge is -2.14. The Morgan fingerprint density at radius 1 is 1.14 bits per heavy atom. The van der Waals surface area contributed by atoms with E-state index in [-0.39, 0.29) is 5.83 Å². The van der Waals surface area contributed by atoms with Crippen LogP contribution in [0.1, 0.15) is 47.5 Å². The standard InChI is InChI=1S/C13H21F/c1-8(2)13(14)11(5)9(3)10(4)12-6-7-12/h10,12H,6-7H2,1-5H3/b11-9-. The molecule has 14 heavy (non-hydrogen) atoms. The summed E-state index contributed by atoms with van der Waals surface area (Å²) in [4.78, 5) is 0. The van der Waals surface area contributed by atoms with Gasteiger partial charge in [-0.25, -0.2) is 4.39 Å². The Hall–Kier alpha value is -0.590. The van der Waals surface area contributed by atoms with Gasteiger partial charge in [-0.15, -0.1) is 0 Å². The summed E-state index contributed by atoms with van der Waals surface area (Å²) >= 11 is 0. The van der Waals surface area contributed by atoms with E-state index in [2.05, 4.69) is 13.8 Å². The van der Waals surface area contributed by atoms with Gasteiger partial charge in [-0.05, 0) is 63.5 Å². The Labute approximate surface area is 86.9 Å². The zero-order chi connectivity index (χ0) is 10.9. The van der Waals surface area contributed by atoms with Gasteiger partial charge in [0, 0.05) is 0 Å². The van der Waals surface area contributed by atoms with E-state index in [1.807, 2.05) is 20.8 Å². The molecule has 0 N–H and O–H groups in total. The summed E-state index contributed by atoms with van der Waals surface area (Å²) in [5.74, 6) is 1.35. The second kappa shape index (κ2) is 4.29. The van der Waals surface area contributed by atoms with E-state index in [0.717, 1.165) is 17.1 Å². The molecule has 1 rings (SSSR count). The fraction of sp³-hybridized carbons (Fsp3) is 0.692. The van der Waals surface area contributed by atoms with Crippen LogP contribution in [0.2, 0.25) is 0 Å². The second-order valence-electron chi connectivity index (χ2n) is 4.75. The highest BCUT2D eigenvalue weighted by atomic mass is 19.1. The predicted molar refractivity (Wildman–Crippen MR) is 59.7 cm³/mol. The maximum atomic E-state index is 13.6. The first-order valence-corrected chi connectivity index (χ1v) is 5.45. The van der Waals surface area contributed by atoms with Crippen LogP contribution in [-0.4, -0.2) is 0 Å². The fourth-order valence-electron chi connectivity index (χ4n) is 1.84. The fourth-order valence-corrected chi connectivity index (χ4v) is 1.84. The molecule has 0 radical (unpaired) electrons. The Morgan fingerprint density at radius 3 is 2.00 bits per heavy atom. The Morgan fingerprint density at radius 2 is 1.64 bits per heavy atom. The zero-order valence-electron chi connectivity index (χ0n) is 9.95. The van der Waals surface area contributed by atoms with E-state index in [0.29, 0.717) is 5.92 Å². The summed E-state index contributed by atoms with van der Waals surface area (Å²) in [6.45, 7) is 9.84. The summed E-state index contributed by atoms with van der Waals surface area (Å²) in [6.07, 6.45) is 2.64. The van der Waals surface area contributed by atoms with Gasteiger partial charge in [-0.1, -0.05) is 12.5 Å². The SMILES string of the molecule is CC(C)=C(F)/C(C)=C(/C)C(C)C1CC1.